The SMILES string of the molecule is O=C1CC2CNC(C(=O)O)CN2C1. The molecule has 5 heteroatoms. The second kappa shape index (κ2) is 3.08. The maximum absolute atomic E-state index is 11.1. The van der Waals surface area contributed by atoms with Crippen LogP contribution in [0.15, 0.2) is 0 Å². The van der Waals surface area contributed by atoms with Crippen LogP contribution in [0.4, 0.5) is 0 Å². The molecule has 0 aromatic heterocycles. The third-order valence-corrected chi connectivity index (χ3v) is 2.67. The number of ketones is 1. The van der Waals surface area contributed by atoms with E-state index in [1.165, 1.54) is 0 Å². The number of rotatable bonds is 1. The average Bonchev–Trinajstić information content (AvgIpc) is 2.42. The Morgan fingerprint density at radius 2 is 2.38 bits per heavy atom. The van der Waals surface area contributed by atoms with Crippen molar-refractivity contribution in [2.75, 3.05) is 19.6 Å². The largest absolute Gasteiger partial charge is 0.480 e. The molecule has 2 unspecified atom stereocenters. The van der Waals surface area contributed by atoms with E-state index in [2.05, 4.69) is 5.32 Å². The third kappa shape index (κ3) is 1.57. The summed E-state index contributed by atoms with van der Waals surface area (Å²) in [5.41, 5.74) is 0. The van der Waals surface area contributed by atoms with E-state index in [-0.39, 0.29) is 11.8 Å². The van der Waals surface area contributed by atoms with Crippen LogP contribution in [0.2, 0.25) is 0 Å². The molecule has 0 radical (unpaired) electrons. The smallest absolute Gasteiger partial charge is 0.322 e. The predicted octanol–water partition coefficient (Wildman–Crippen LogP) is -1.31. The summed E-state index contributed by atoms with van der Waals surface area (Å²) in [4.78, 5) is 23.7. The topological polar surface area (TPSA) is 69.6 Å². The van der Waals surface area contributed by atoms with Crippen LogP contribution in [0.3, 0.4) is 0 Å². The second-order valence-corrected chi connectivity index (χ2v) is 3.63. The van der Waals surface area contributed by atoms with Crippen molar-refractivity contribution in [3.63, 3.8) is 0 Å². The van der Waals surface area contributed by atoms with Gasteiger partial charge in [0.25, 0.3) is 0 Å². The predicted molar refractivity (Wildman–Crippen MR) is 44.4 cm³/mol. The summed E-state index contributed by atoms with van der Waals surface area (Å²) in [6.45, 7) is 1.49. The first-order valence-corrected chi connectivity index (χ1v) is 4.39. The summed E-state index contributed by atoms with van der Waals surface area (Å²) < 4.78 is 0. The molecule has 2 aliphatic rings. The summed E-state index contributed by atoms with van der Waals surface area (Å²) in [5.74, 6) is -0.615. The fraction of sp³-hybridized carbons (Fsp3) is 0.750. The van der Waals surface area contributed by atoms with Gasteiger partial charge >= 0.3 is 5.97 Å². The van der Waals surface area contributed by atoms with E-state index in [1.807, 2.05) is 4.90 Å². The van der Waals surface area contributed by atoms with Crippen molar-refractivity contribution in [3.8, 4) is 0 Å². The van der Waals surface area contributed by atoms with Gasteiger partial charge in [0.15, 0.2) is 0 Å². The van der Waals surface area contributed by atoms with Crippen molar-refractivity contribution in [1.29, 1.82) is 0 Å². The number of carbonyl (C=O) groups is 2. The highest BCUT2D eigenvalue weighted by atomic mass is 16.4. The van der Waals surface area contributed by atoms with Crippen LogP contribution < -0.4 is 5.32 Å². The molecule has 13 heavy (non-hydrogen) atoms. The lowest BCUT2D eigenvalue weighted by atomic mass is 10.1. The highest BCUT2D eigenvalue weighted by Crippen LogP contribution is 2.17. The molecule has 0 bridgehead atoms. The fourth-order valence-corrected chi connectivity index (χ4v) is 1.97. The molecule has 72 valence electrons. The van der Waals surface area contributed by atoms with E-state index in [1.54, 1.807) is 0 Å². The normalized spacial score (nSPS) is 34.6. The average molecular weight is 184 g/mol. The van der Waals surface area contributed by atoms with E-state index in [0.717, 1.165) is 0 Å². The van der Waals surface area contributed by atoms with Crippen LogP contribution in [-0.4, -0.2) is 53.5 Å². The van der Waals surface area contributed by atoms with Crippen molar-refractivity contribution in [2.45, 2.75) is 18.5 Å². The van der Waals surface area contributed by atoms with E-state index >= 15 is 0 Å². The summed E-state index contributed by atoms with van der Waals surface area (Å²) in [6.07, 6.45) is 0.569. The van der Waals surface area contributed by atoms with Crippen molar-refractivity contribution in [3.05, 3.63) is 0 Å². The summed E-state index contributed by atoms with van der Waals surface area (Å²) in [6, 6.07) is -0.287. The number of fused-ring (bicyclic) bond motifs is 1. The van der Waals surface area contributed by atoms with Crippen molar-refractivity contribution < 1.29 is 14.7 Å². The Morgan fingerprint density at radius 1 is 1.62 bits per heavy atom. The summed E-state index contributed by atoms with van der Waals surface area (Å²) in [5, 5.41) is 11.7. The highest BCUT2D eigenvalue weighted by molar-refractivity contribution is 5.83. The van der Waals surface area contributed by atoms with Gasteiger partial charge in [-0.2, -0.15) is 0 Å². The van der Waals surface area contributed by atoms with E-state index in [4.69, 9.17) is 5.11 Å². The lowest BCUT2D eigenvalue weighted by Gasteiger charge is -2.33. The minimum Gasteiger partial charge on any atom is -0.480 e. The van der Waals surface area contributed by atoms with E-state index in [0.29, 0.717) is 26.1 Å². The minimum atomic E-state index is -0.835. The number of carbonyl (C=O) groups excluding carboxylic acids is 1. The lowest BCUT2D eigenvalue weighted by molar-refractivity contribution is -0.141. The number of piperazine rings is 1. The number of aliphatic carboxylic acids is 1. The standard InChI is InChI=1S/C8H12N2O3/c11-6-1-5-2-9-7(8(12)13)4-10(5)3-6/h5,7,9H,1-4H2,(H,12,13). The molecule has 2 atom stereocenters. The molecule has 0 amide bonds. The molecule has 0 aliphatic carbocycles. The Morgan fingerprint density at radius 3 is 3.08 bits per heavy atom. The molecule has 0 aromatic rings. The van der Waals surface area contributed by atoms with Gasteiger partial charge in [-0.1, -0.05) is 0 Å². The zero-order chi connectivity index (χ0) is 9.42. The van der Waals surface area contributed by atoms with Gasteiger partial charge in [-0.25, -0.2) is 0 Å². The van der Waals surface area contributed by atoms with Crippen LogP contribution in [0.25, 0.3) is 0 Å². The molecular weight excluding hydrogens is 172 g/mol. The number of nitrogens with zero attached hydrogens (tertiary/aromatic N) is 1. The Balaban J connectivity index is 2.01. The molecule has 2 rings (SSSR count). The lowest BCUT2D eigenvalue weighted by Crippen LogP contribution is -2.56. The molecule has 2 N–H and O–H groups in total. The number of nitrogens with one attached hydrogen (secondary N) is 1. The minimum absolute atomic E-state index is 0.220. The molecule has 5 nitrogen and oxygen atoms in total. The van der Waals surface area contributed by atoms with Gasteiger partial charge in [0.2, 0.25) is 0 Å². The molecule has 0 saturated carbocycles. The molecule has 2 heterocycles. The monoisotopic (exact) mass is 184 g/mol. The van der Waals surface area contributed by atoms with Crippen LogP contribution in [0, 0.1) is 0 Å². The number of hydrogen-bond acceptors (Lipinski definition) is 4. The Hall–Kier alpha value is -0.940. The summed E-state index contributed by atoms with van der Waals surface area (Å²) in [7, 11) is 0. The van der Waals surface area contributed by atoms with Crippen LogP contribution in [0.5, 0.6) is 0 Å². The van der Waals surface area contributed by atoms with Gasteiger partial charge in [-0.15, -0.1) is 0 Å². The number of Topliss-reactive ketones (excluding diaryl/α,β-unsaturated/α-hetero) is 1. The van der Waals surface area contributed by atoms with Crippen LogP contribution in [-0.2, 0) is 9.59 Å². The van der Waals surface area contributed by atoms with Gasteiger partial charge in [0.1, 0.15) is 11.8 Å². The quantitative estimate of drug-likeness (QED) is 0.529. The summed E-state index contributed by atoms with van der Waals surface area (Å²) >= 11 is 0. The molecule has 2 saturated heterocycles. The van der Waals surface area contributed by atoms with Gasteiger partial charge in [-0.3, -0.25) is 14.5 Å². The van der Waals surface area contributed by atoms with E-state index < -0.39 is 12.0 Å². The van der Waals surface area contributed by atoms with Crippen molar-refractivity contribution in [2.24, 2.45) is 0 Å². The molecular formula is C8H12N2O3. The molecule has 0 spiro atoms. The maximum atomic E-state index is 11.1. The second-order valence-electron chi connectivity index (χ2n) is 3.63. The maximum Gasteiger partial charge on any atom is 0.322 e. The van der Waals surface area contributed by atoms with Crippen LogP contribution in [0.1, 0.15) is 6.42 Å². The van der Waals surface area contributed by atoms with Crippen molar-refractivity contribution in [1.82, 2.24) is 10.2 Å². The zero-order valence-corrected chi connectivity index (χ0v) is 7.19. The molecule has 2 aliphatic heterocycles. The zero-order valence-electron chi connectivity index (χ0n) is 7.19. The first-order chi connectivity index (χ1) is 6.16. The number of carboxylic acid groups (broad SMARTS) is 1. The third-order valence-electron chi connectivity index (χ3n) is 2.67. The Bertz CT molecular complexity index is 254. The molecule has 2 fully saturated rings. The Labute approximate surface area is 75.7 Å². The highest BCUT2D eigenvalue weighted by Gasteiger charge is 2.37. The Kier molecular flexibility index (Phi) is 2.05. The number of carboxylic acids is 1. The van der Waals surface area contributed by atoms with E-state index in [9.17, 15) is 9.59 Å². The first-order valence-electron chi connectivity index (χ1n) is 4.39. The fourth-order valence-electron chi connectivity index (χ4n) is 1.97. The van der Waals surface area contributed by atoms with Gasteiger partial charge < -0.3 is 10.4 Å². The van der Waals surface area contributed by atoms with Crippen molar-refractivity contribution >= 4 is 11.8 Å². The first kappa shape index (κ1) is 8.65. The van der Waals surface area contributed by atoms with Gasteiger partial charge in [0, 0.05) is 25.6 Å². The van der Waals surface area contributed by atoms with Gasteiger partial charge in [0.05, 0.1) is 6.54 Å². The van der Waals surface area contributed by atoms with Crippen LogP contribution >= 0.6 is 0 Å². The number of hydrogen-bond donors (Lipinski definition) is 2. The molecule has 0 aromatic carbocycles. The van der Waals surface area contributed by atoms with Gasteiger partial charge in [-0.05, 0) is 0 Å².